The number of nitrogens with one attached hydrogen (secondary N) is 2. The maximum atomic E-state index is 11.8. The summed E-state index contributed by atoms with van der Waals surface area (Å²) in [7, 11) is 0. The van der Waals surface area contributed by atoms with Gasteiger partial charge in [0.15, 0.2) is 0 Å². The fourth-order valence-corrected chi connectivity index (χ4v) is 3.26. The Morgan fingerprint density at radius 3 is 2.70 bits per heavy atom. The number of fused-ring (bicyclic) bond motifs is 1. The van der Waals surface area contributed by atoms with Crippen LogP contribution in [0.4, 0.5) is 0 Å². The molecule has 1 aromatic carbocycles. The van der Waals surface area contributed by atoms with Gasteiger partial charge in [-0.25, -0.2) is 0 Å². The molecule has 1 unspecified atom stereocenters. The molecular formula is C17H22N2O. The predicted octanol–water partition coefficient (Wildman–Crippen LogP) is 3.37. The van der Waals surface area contributed by atoms with Gasteiger partial charge in [0.1, 0.15) is 0 Å². The number of pyridine rings is 1. The molecule has 1 aromatic heterocycles. The van der Waals surface area contributed by atoms with Crippen molar-refractivity contribution in [2.75, 3.05) is 6.54 Å². The predicted molar refractivity (Wildman–Crippen MR) is 82.9 cm³/mol. The molecule has 106 valence electrons. The Bertz CT molecular complexity index is 641. The van der Waals surface area contributed by atoms with Crippen LogP contribution in [0.2, 0.25) is 0 Å². The largest absolute Gasteiger partial charge is 0.328 e. The molecule has 1 aliphatic rings. The van der Waals surface area contributed by atoms with Crippen molar-refractivity contribution < 1.29 is 0 Å². The molecule has 2 aromatic rings. The van der Waals surface area contributed by atoms with Crippen molar-refractivity contribution in [1.82, 2.24) is 10.3 Å². The van der Waals surface area contributed by atoms with Crippen molar-refractivity contribution in [1.29, 1.82) is 0 Å². The van der Waals surface area contributed by atoms with Gasteiger partial charge in [-0.1, -0.05) is 31.0 Å². The third-order valence-electron chi connectivity index (χ3n) is 4.50. The third-order valence-corrected chi connectivity index (χ3v) is 4.50. The second kappa shape index (κ2) is 5.80. The Morgan fingerprint density at radius 2 is 1.95 bits per heavy atom. The average molecular weight is 270 g/mol. The van der Waals surface area contributed by atoms with E-state index in [1.807, 2.05) is 30.5 Å². The molecule has 0 saturated heterocycles. The molecule has 2 N–H and O–H groups in total. The Labute approximate surface area is 119 Å². The average Bonchev–Trinajstić information content (AvgIpc) is 2.99. The van der Waals surface area contributed by atoms with Crippen LogP contribution in [0.15, 0.2) is 35.3 Å². The fraction of sp³-hybridized carbons (Fsp3) is 0.471. The SMILES string of the molecule is CC(NCC1CCCC1)c1c[nH]c(=O)c2ccccc12. The lowest BCUT2D eigenvalue weighted by Crippen LogP contribution is -2.25. The van der Waals surface area contributed by atoms with Crippen molar-refractivity contribution in [3.05, 3.63) is 46.4 Å². The maximum absolute atomic E-state index is 11.8. The number of hydrogen-bond acceptors (Lipinski definition) is 2. The van der Waals surface area contributed by atoms with Crippen LogP contribution in [0, 0.1) is 5.92 Å². The summed E-state index contributed by atoms with van der Waals surface area (Å²) in [5.74, 6) is 0.825. The highest BCUT2D eigenvalue weighted by Gasteiger charge is 2.17. The van der Waals surface area contributed by atoms with Crippen LogP contribution in [-0.4, -0.2) is 11.5 Å². The molecule has 1 fully saturated rings. The smallest absolute Gasteiger partial charge is 0.255 e. The quantitative estimate of drug-likeness (QED) is 0.894. The third kappa shape index (κ3) is 2.63. The molecule has 0 aliphatic heterocycles. The van der Waals surface area contributed by atoms with Crippen LogP contribution >= 0.6 is 0 Å². The molecule has 1 heterocycles. The van der Waals surface area contributed by atoms with Crippen LogP contribution in [0.3, 0.4) is 0 Å². The Hall–Kier alpha value is -1.61. The molecule has 0 radical (unpaired) electrons. The lowest BCUT2D eigenvalue weighted by molar-refractivity contribution is 0.453. The monoisotopic (exact) mass is 270 g/mol. The second-order valence-electron chi connectivity index (χ2n) is 5.90. The zero-order valence-electron chi connectivity index (χ0n) is 12.0. The lowest BCUT2D eigenvalue weighted by Gasteiger charge is -2.18. The highest BCUT2D eigenvalue weighted by Crippen LogP contribution is 2.26. The van der Waals surface area contributed by atoms with Crippen LogP contribution in [-0.2, 0) is 0 Å². The normalized spacial score (nSPS) is 17.6. The number of aromatic amines is 1. The molecular weight excluding hydrogens is 248 g/mol. The minimum absolute atomic E-state index is 0.00709. The van der Waals surface area contributed by atoms with Gasteiger partial charge in [-0.15, -0.1) is 0 Å². The molecule has 0 bridgehead atoms. The van der Waals surface area contributed by atoms with Gasteiger partial charge in [-0.3, -0.25) is 4.79 Å². The van der Waals surface area contributed by atoms with Crippen molar-refractivity contribution in [3.63, 3.8) is 0 Å². The minimum atomic E-state index is -0.00709. The van der Waals surface area contributed by atoms with Gasteiger partial charge in [-0.2, -0.15) is 0 Å². The van der Waals surface area contributed by atoms with Gasteiger partial charge < -0.3 is 10.3 Å². The van der Waals surface area contributed by atoms with Gasteiger partial charge in [-0.05, 0) is 49.2 Å². The van der Waals surface area contributed by atoms with E-state index in [-0.39, 0.29) is 11.6 Å². The van der Waals surface area contributed by atoms with Crippen molar-refractivity contribution in [2.24, 2.45) is 5.92 Å². The molecule has 1 saturated carbocycles. The Morgan fingerprint density at radius 1 is 1.25 bits per heavy atom. The van der Waals surface area contributed by atoms with Crippen LogP contribution < -0.4 is 10.9 Å². The first-order valence-electron chi connectivity index (χ1n) is 7.59. The van der Waals surface area contributed by atoms with E-state index >= 15 is 0 Å². The van der Waals surface area contributed by atoms with Crippen LogP contribution in [0.5, 0.6) is 0 Å². The highest BCUT2D eigenvalue weighted by atomic mass is 16.1. The van der Waals surface area contributed by atoms with Gasteiger partial charge in [0, 0.05) is 17.6 Å². The minimum Gasteiger partial charge on any atom is -0.328 e. The summed E-state index contributed by atoms with van der Waals surface area (Å²) in [6, 6.07) is 8.10. The Balaban J connectivity index is 1.82. The van der Waals surface area contributed by atoms with Gasteiger partial charge in [0.25, 0.3) is 5.56 Å². The zero-order chi connectivity index (χ0) is 13.9. The first kappa shape index (κ1) is 13.4. The molecule has 1 atom stereocenters. The summed E-state index contributed by atoms with van der Waals surface area (Å²) in [5.41, 5.74) is 1.17. The first-order chi connectivity index (χ1) is 9.75. The number of aromatic nitrogens is 1. The van der Waals surface area contributed by atoms with Crippen molar-refractivity contribution in [2.45, 2.75) is 38.6 Å². The number of rotatable bonds is 4. The number of benzene rings is 1. The summed E-state index contributed by atoms with van der Waals surface area (Å²) in [4.78, 5) is 14.7. The molecule has 0 amide bonds. The van der Waals surface area contributed by atoms with Crippen molar-refractivity contribution in [3.8, 4) is 0 Å². The van der Waals surface area contributed by atoms with Crippen LogP contribution in [0.1, 0.15) is 44.2 Å². The van der Waals surface area contributed by atoms with E-state index in [9.17, 15) is 4.79 Å². The molecule has 0 spiro atoms. The van der Waals surface area contributed by atoms with E-state index in [0.29, 0.717) is 0 Å². The summed E-state index contributed by atoms with van der Waals surface area (Å²) < 4.78 is 0. The van der Waals surface area contributed by atoms with E-state index in [1.165, 1.54) is 31.2 Å². The highest BCUT2D eigenvalue weighted by molar-refractivity contribution is 5.84. The van der Waals surface area contributed by atoms with E-state index in [4.69, 9.17) is 0 Å². The van der Waals surface area contributed by atoms with E-state index < -0.39 is 0 Å². The van der Waals surface area contributed by atoms with E-state index in [2.05, 4.69) is 17.2 Å². The van der Waals surface area contributed by atoms with Crippen LogP contribution in [0.25, 0.3) is 10.8 Å². The van der Waals surface area contributed by atoms with E-state index in [1.54, 1.807) is 0 Å². The van der Waals surface area contributed by atoms with Crippen molar-refractivity contribution >= 4 is 10.8 Å². The summed E-state index contributed by atoms with van der Waals surface area (Å²) in [6.45, 7) is 3.25. The van der Waals surface area contributed by atoms with Gasteiger partial charge >= 0.3 is 0 Å². The van der Waals surface area contributed by atoms with Gasteiger partial charge in [0.05, 0.1) is 0 Å². The number of hydrogen-bond donors (Lipinski definition) is 2. The molecule has 3 rings (SSSR count). The van der Waals surface area contributed by atoms with Gasteiger partial charge in [0.2, 0.25) is 0 Å². The fourth-order valence-electron chi connectivity index (χ4n) is 3.26. The Kier molecular flexibility index (Phi) is 3.88. The zero-order valence-corrected chi connectivity index (χ0v) is 12.0. The molecule has 1 aliphatic carbocycles. The topological polar surface area (TPSA) is 44.9 Å². The standard InChI is InChI=1S/C17H22N2O/c1-12(18-10-13-6-2-3-7-13)16-11-19-17(20)15-9-5-4-8-14(15)16/h4-5,8-9,11-13,18H,2-3,6-7,10H2,1H3,(H,19,20). The summed E-state index contributed by atoms with van der Waals surface area (Å²) in [5, 5.41) is 5.47. The molecule has 20 heavy (non-hydrogen) atoms. The summed E-state index contributed by atoms with van der Waals surface area (Å²) in [6.07, 6.45) is 7.32. The summed E-state index contributed by atoms with van der Waals surface area (Å²) >= 11 is 0. The number of H-pyrrole nitrogens is 1. The first-order valence-corrected chi connectivity index (χ1v) is 7.59. The maximum Gasteiger partial charge on any atom is 0.255 e. The van der Waals surface area contributed by atoms with E-state index in [0.717, 1.165) is 23.2 Å². The lowest BCUT2D eigenvalue weighted by atomic mass is 10.0. The molecule has 3 heteroatoms. The second-order valence-corrected chi connectivity index (χ2v) is 5.90. The molecule has 3 nitrogen and oxygen atoms in total.